The minimum atomic E-state index is -0.0961. The van der Waals surface area contributed by atoms with Gasteiger partial charge in [-0.3, -0.25) is 0 Å². The van der Waals surface area contributed by atoms with Crippen molar-refractivity contribution in [3.8, 4) is 0 Å². The van der Waals surface area contributed by atoms with Crippen molar-refractivity contribution < 1.29 is 8.98 Å². The van der Waals surface area contributed by atoms with Gasteiger partial charge in [-0.2, -0.15) is 0 Å². The fraction of sp³-hybridized carbons (Fsp3) is 0.125. The van der Waals surface area contributed by atoms with Crippen molar-refractivity contribution >= 4 is 11.8 Å². The minimum Gasteiger partial charge on any atom is -0.465 e. The molecule has 0 fully saturated rings. The molecule has 4 nitrogen and oxygen atoms in total. The zero-order valence-corrected chi connectivity index (χ0v) is 12.2. The molecule has 2 heterocycles. The summed E-state index contributed by atoms with van der Waals surface area (Å²) in [6, 6.07) is 15.5. The molecule has 21 heavy (non-hydrogen) atoms. The molecule has 0 atom stereocenters. The fourth-order valence-electron chi connectivity index (χ4n) is 1.98. The second-order valence-electron chi connectivity index (χ2n) is 4.59. The van der Waals surface area contributed by atoms with E-state index < -0.39 is 0 Å². The summed E-state index contributed by atoms with van der Waals surface area (Å²) < 4.78 is 7.34. The topological polar surface area (TPSA) is 49.9 Å². The smallest absolute Gasteiger partial charge is 0.335 e. The van der Waals surface area contributed by atoms with E-state index in [4.69, 9.17) is 4.42 Å². The van der Waals surface area contributed by atoms with Crippen molar-refractivity contribution in [1.82, 2.24) is 4.98 Å². The molecule has 0 saturated heterocycles. The van der Waals surface area contributed by atoms with Crippen molar-refractivity contribution in [3.63, 3.8) is 0 Å². The first kappa shape index (κ1) is 13.7. The van der Waals surface area contributed by atoms with Gasteiger partial charge in [0.05, 0.1) is 18.5 Å². The Labute approximate surface area is 126 Å². The SMILES string of the molecule is O=c1cc[n+](Cc2ccco2)c(SCc2ccccc2)[nH]1. The first-order valence-corrected chi connectivity index (χ1v) is 7.62. The Hall–Kier alpha value is -2.27. The van der Waals surface area contributed by atoms with Gasteiger partial charge >= 0.3 is 10.7 Å². The zero-order valence-electron chi connectivity index (χ0n) is 11.4. The molecular weight excluding hydrogens is 284 g/mol. The maximum Gasteiger partial charge on any atom is 0.335 e. The summed E-state index contributed by atoms with van der Waals surface area (Å²) in [5, 5.41) is 0.822. The highest BCUT2D eigenvalue weighted by molar-refractivity contribution is 7.98. The van der Waals surface area contributed by atoms with E-state index in [1.54, 1.807) is 24.2 Å². The van der Waals surface area contributed by atoms with E-state index >= 15 is 0 Å². The molecule has 1 aromatic carbocycles. The van der Waals surface area contributed by atoms with Crippen LogP contribution in [0.5, 0.6) is 0 Å². The van der Waals surface area contributed by atoms with Crippen LogP contribution in [0.3, 0.4) is 0 Å². The predicted octanol–water partition coefficient (Wildman–Crippen LogP) is 2.60. The Kier molecular flexibility index (Phi) is 4.21. The van der Waals surface area contributed by atoms with E-state index in [0.29, 0.717) is 6.54 Å². The van der Waals surface area contributed by atoms with Crippen molar-refractivity contribution in [2.45, 2.75) is 17.5 Å². The third-order valence-corrected chi connectivity index (χ3v) is 4.11. The third-order valence-electron chi connectivity index (χ3n) is 3.02. The molecule has 1 N–H and O–H groups in total. The molecular formula is C16H15N2O2S+. The van der Waals surface area contributed by atoms with Crippen LogP contribution in [-0.4, -0.2) is 4.98 Å². The highest BCUT2D eigenvalue weighted by atomic mass is 32.2. The molecule has 0 aliphatic carbocycles. The summed E-state index contributed by atoms with van der Waals surface area (Å²) >= 11 is 1.60. The Bertz CT molecular complexity index is 751. The normalized spacial score (nSPS) is 10.7. The van der Waals surface area contributed by atoms with Crippen LogP contribution in [0.4, 0.5) is 0 Å². The number of aromatic nitrogens is 2. The second kappa shape index (κ2) is 6.45. The molecule has 5 heteroatoms. The molecule has 3 rings (SSSR count). The van der Waals surface area contributed by atoms with E-state index in [-0.39, 0.29) is 5.56 Å². The van der Waals surface area contributed by atoms with Crippen LogP contribution < -0.4 is 10.1 Å². The Morgan fingerprint density at radius 2 is 1.95 bits per heavy atom. The first-order chi connectivity index (χ1) is 10.3. The van der Waals surface area contributed by atoms with Gasteiger partial charge in [-0.15, -0.1) is 0 Å². The molecule has 3 aromatic rings. The fourth-order valence-corrected chi connectivity index (χ4v) is 2.94. The number of hydrogen-bond donors (Lipinski definition) is 1. The molecule has 0 saturated carbocycles. The molecule has 2 aromatic heterocycles. The molecule has 0 spiro atoms. The quantitative estimate of drug-likeness (QED) is 0.447. The minimum absolute atomic E-state index is 0.0961. The number of nitrogens with zero attached hydrogens (tertiary/aromatic N) is 1. The number of rotatable bonds is 5. The highest BCUT2D eigenvalue weighted by Gasteiger charge is 2.13. The molecule has 106 valence electrons. The highest BCUT2D eigenvalue weighted by Crippen LogP contribution is 2.17. The average molecular weight is 299 g/mol. The van der Waals surface area contributed by atoms with E-state index in [1.165, 1.54) is 11.6 Å². The van der Waals surface area contributed by atoms with Gasteiger partial charge in [0.1, 0.15) is 12.3 Å². The maximum atomic E-state index is 11.6. The van der Waals surface area contributed by atoms with E-state index in [0.717, 1.165) is 16.7 Å². The van der Waals surface area contributed by atoms with Gasteiger partial charge in [0.15, 0.2) is 0 Å². The molecule has 0 bridgehead atoms. The first-order valence-electron chi connectivity index (χ1n) is 6.63. The van der Waals surface area contributed by atoms with Gasteiger partial charge in [-0.25, -0.2) is 14.3 Å². The number of nitrogens with one attached hydrogen (secondary N) is 1. The predicted molar refractivity (Wildman–Crippen MR) is 81.1 cm³/mol. The van der Waals surface area contributed by atoms with Crippen molar-refractivity contribution in [2.24, 2.45) is 0 Å². The van der Waals surface area contributed by atoms with Crippen LogP contribution in [0.2, 0.25) is 0 Å². The van der Waals surface area contributed by atoms with Gasteiger partial charge in [0.2, 0.25) is 0 Å². The number of H-pyrrole nitrogens is 1. The van der Waals surface area contributed by atoms with Crippen LogP contribution in [0.15, 0.2) is 75.4 Å². The van der Waals surface area contributed by atoms with Crippen molar-refractivity contribution in [3.05, 3.63) is 82.7 Å². The van der Waals surface area contributed by atoms with Crippen LogP contribution in [0.1, 0.15) is 11.3 Å². The van der Waals surface area contributed by atoms with Gasteiger partial charge < -0.3 is 4.42 Å². The van der Waals surface area contributed by atoms with Gasteiger partial charge in [0, 0.05) is 5.75 Å². The maximum absolute atomic E-state index is 11.6. The lowest BCUT2D eigenvalue weighted by molar-refractivity contribution is -0.730. The molecule has 0 unspecified atom stereocenters. The van der Waals surface area contributed by atoms with Crippen molar-refractivity contribution in [1.29, 1.82) is 0 Å². The lowest BCUT2D eigenvalue weighted by Crippen LogP contribution is -2.39. The number of aromatic amines is 1. The van der Waals surface area contributed by atoms with Gasteiger partial charge in [-0.05, 0) is 29.5 Å². The second-order valence-corrected chi connectivity index (χ2v) is 5.56. The summed E-state index contributed by atoms with van der Waals surface area (Å²) in [4.78, 5) is 14.4. The van der Waals surface area contributed by atoms with Gasteiger partial charge in [0.25, 0.3) is 0 Å². The third kappa shape index (κ3) is 3.64. The average Bonchev–Trinajstić information content (AvgIpc) is 3.01. The van der Waals surface area contributed by atoms with Crippen LogP contribution in [-0.2, 0) is 12.3 Å². The summed E-state index contributed by atoms with van der Waals surface area (Å²) in [7, 11) is 0. The Morgan fingerprint density at radius 3 is 2.71 bits per heavy atom. The molecule has 0 aliphatic heterocycles. The number of furan rings is 1. The summed E-state index contributed by atoms with van der Waals surface area (Å²) in [6.45, 7) is 0.598. The van der Waals surface area contributed by atoms with Gasteiger partial charge in [-0.1, -0.05) is 30.3 Å². The number of thioether (sulfide) groups is 1. The van der Waals surface area contributed by atoms with E-state index in [9.17, 15) is 4.79 Å². The van der Waals surface area contributed by atoms with Crippen molar-refractivity contribution in [2.75, 3.05) is 0 Å². The summed E-state index contributed by atoms with van der Waals surface area (Å²) in [6.07, 6.45) is 3.44. The largest absolute Gasteiger partial charge is 0.465 e. The summed E-state index contributed by atoms with van der Waals surface area (Å²) in [5.74, 6) is 1.66. The van der Waals surface area contributed by atoms with E-state index in [2.05, 4.69) is 17.1 Å². The van der Waals surface area contributed by atoms with Crippen LogP contribution >= 0.6 is 11.8 Å². The Morgan fingerprint density at radius 1 is 1.10 bits per heavy atom. The number of benzene rings is 1. The molecule has 0 aliphatic rings. The number of hydrogen-bond acceptors (Lipinski definition) is 3. The molecule has 0 amide bonds. The van der Waals surface area contributed by atoms with E-state index in [1.807, 2.05) is 34.9 Å². The standard InChI is InChI=1S/C16H14N2O2S/c19-15-8-9-18(11-14-7-4-10-20-14)16(17-15)21-12-13-5-2-1-3-6-13/h1-10H,11-12H2/p+1. The zero-order chi connectivity index (χ0) is 14.5. The van der Waals surface area contributed by atoms with Crippen LogP contribution in [0, 0.1) is 0 Å². The molecule has 0 radical (unpaired) electrons. The van der Waals surface area contributed by atoms with Crippen LogP contribution in [0.25, 0.3) is 0 Å². The monoisotopic (exact) mass is 299 g/mol. The Balaban J connectivity index is 1.79. The lowest BCUT2D eigenvalue weighted by atomic mass is 10.2. The summed E-state index contributed by atoms with van der Waals surface area (Å²) in [5.41, 5.74) is 1.12. The lowest BCUT2D eigenvalue weighted by Gasteiger charge is -2.03.